The molecule has 2 heterocycles. The normalized spacial score (nSPS) is 14.6. The number of benzene rings is 3. The Labute approximate surface area is 240 Å². The Morgan fingerprint density at radius 2 is 1.72 bits per heavy atom. The SMILES string of the molecule is Cc1cc(C)c(NC(=O)CN2C(=O)S/C(=C/c3cn(Cc4ccc(Cl)cc4Cl)c4ccccc34)C2=O)c(C)c1. The zero-order valence-electron chi connectivity index (χ0n) is 21.5. The molecule has 1 aromatic heterocycles. The fourth-order valence-electron chi connectivity index (χ4n) is 4.83. The van der Waals surface area contributed by atoms with Gasteiger partial charge in [0, 0.05) is 44.9 Å². The second kappa shape index (κ2) is 10.9. The van der Waals surface area contributed by atoms with E-state index in [0.29, 0.717) is 22.3 Å². The first-order valence-electron chi connectivity index (χ1n) is 12.3. The van der Waals surface area contributed by atoms with Crippen molar-refractivity contribution in [3.05, 3.63) is 104 Å². The topological polar surface area (TPSA) is 71.4 Å². The highest BCUT2D eigenvalue weighted by Gasteiger charge is 2.36. The summed E-state index contributed by atoms with van der Waals surface area (Å²) in [6.45, 7) is 5.96. The van der Waals surface area contributed by atoms with Crippen LogP contribution in [0.5, 0.6) is 0 Å². The third-order valence-electron chi connectivity index (χ3n) is 6.58. The number of hydrogen-bond donors (Lipinski definition) is 1. The van der Waals surface area contributed by atoms with Gasteiger partial charge in [-0.15, -0.1) is 0 Å². The van der Waals surface area contributed by atoms with Gasteiger partial charge in [-0.1, -0.05) is 65.2 Å². The van der Waals surface area contributed by atoms with Crippen LogP contribution in [0.4, 0.5) is 10.5 Å². The molecule has 0 aliphatic carbocycles. The van der Waals surface area contributed by atoms with E-state index in [-0.39, 0.29) is 11.4 Å². The van der Waals surface area contributed by atoms with E-state index in [4.69, 9.17) is 23.2 Å². The molecule has 39 heavy (non-hydrogen) atoms. The number of carbonyl (C=O) groups is 3. The lowest BCUT2D eigenvalue weighted by Crippen LogP contribution is -2.36. The van der Waals surface area contributed by atoms with Gasteiger partial charge in [0.25, 0.3) is 11.1 Å². The van der Waals surface area contributed by atoms with Gasteiger partial charge in [0.15, 0.2) is 0 Å². The van der Waals surface area contributed by atoms with Crippen molar-refractivity contribution in [3.8, 4) is 0 Å². The molecule has 0 spiro atoms. The van der Waals surface area contributed by atoms with Crippen LogP contribution in [0.1, 0.15) is 27.8 Å². The second-order valence-electron chi connectivity index (χ2n) is 9.55. The number of nitrogens with zero attached hydrogens (tertiary/aromatic N) is 2. The molecule has 4 aromatic rings. The third kappa shape index (κ3) is 5.62. The minimum Gasteiger partial charge on any atom is -0.342 e. The number of carbonyl (C=O) groups excluding carboxylic acids is 3. The molecule has 6 nitrogen and oxygen atoms in total. The molecule has 1 aliphatic heterocycles. The summed E-state index contributed by atoms with van der Waals surface area (Å²) in [5.74, 6) is -0.917. The first kappa shape index (κ1) is 27.1. The lowest BCUT2D eigenvalue weighted by atomic mass is 10.1. The smallest absolute Gasteiger partial charge is 0.294 e. The van der Waals surface area contributed by atoms with Crippen LogP contribution in [-0.2, 0) is 16.1 Å². The van der Waals surface area contributed by atoms with Crippen LogP contribution >= 0.6 is 35.0 Å². The van der Waals surface area contributed by atoms with Crippen molar-refractivity contribution in [1.29, 1.82) is 0 Å². The molecule has 0 unspecified atom stereocenters. The van der Waals surface area contributed by atoms with Crippen molar-refractivity contribution in [1.82, 2.24) is 9.47 Å². The molecule has 9 heteroatoms. The Balaban J connectivity index is 1.38. The molecular formula is C30H25Cl2N3O3S. The molecular weight excluding hydrogens is 553 g/mol. The average Bonchev–Trinajstić information content (AvgIpc) is 3.35. The minimum atomic E-state index is -0.491. The van der Waals surface area contributed by atoms with Gasteiger partial charge in [-0.25, -0.2) is 0 Å². The van der Waals surface area contributed by atoms with Crippen LogP contribution in [-0.4, -0.2) is 33.1 Å². The predicted octanol–water partition coefficient (Wildman–Crippen LogP) is 7.60. The molecule has 0 saturated carbocycles. The molecule has 3 aromatic carbocycles. The molecule has 3 amide bonds. The van der Waals surface area contributed by atoms with Crippen LogP contribution in [0.3, 0.4) is 0 Å². The van der Waals surface area contributed by atoms with Crippen molar-refractivity contribution < 1.29 is 14.4 Å². The standard InChI is InChI=1S/C30H25Cl2N3O3S/c1-17-10-18(2)28(19(3)11-17)33-27(36)16-35-29(37)26(39-30(35)38)12-21-15-34(25-7-5-4-6-23(21)25)14-20-8-9-22(31)13-24(20)32/h4-13,15H,14,16H2,1-3H3,(H,33,36)/b26-12+. The molecule has 1 aliphatic rings. The summed E-state index contributed by atoms with van der Waals surface area (Å²) in [5.41, 5.74) is 6.28. The summed E-state index contributed by atoms with van der Waals surface area (Å²) in [6, 6.07) is 17.1. The first-order chi connectivity index (χ1) is 18.6. The van der Waals surface area contributed by atoms with Crippen molar-refractivity contribution in [2.24, 2.45) is 0 Å². The number of para-hydroxylation sites is 1. The van der Waals surface area contributed by atoms with Gasteiger partial charge in [0.05, 0.1) is 4.91 Å². The highest BCUT2D eigenvalue weighted by molar-refractivity contribution is 8.18. The summed E-state index contributed by atoms with van der Waals surface area (Å²) >= 11 is 13.3. The summed E-state index contributed by atoms with van der Waals surface area (Å²) in [4.78, 5) is 40.0. The average molecular weight is 579 g/mol. The molecule has 0 atom stereocenters. The number of amides is 3. The van der Waals surface area contributed by atoms with Gasteiger partial charge >= 0.3 is 0 Å². The number of aryl methyl sites for hydroxylation is 3. The first-order valence-corrected chi connectivity index (χ1v) is 13.8. The molecule has 0 bridgehead atoms. The van der Waals surface area contributed by atoms with Crippen molar-refractivity contribution in [2.45, 2.75) is 27.3 Å². The van der Waals surface area contributed by atoms with Crippen LogP contribution in [0.25, 0.3) is 17.0 Å². The lowest BCUT2D eigenvalue weighted by Gasteiger charge is -2.15. The number of anilines is 1. The van der Waals surface area contributed by atoms with E-state index in [0.717, 1.165) is 55.4 Å². The molecule has 1 fully saturated rings. The maximum absolute atomic E-state index is 13.2. The Morgan fingerprint density at radius 1 is 1.00 bits per heavy atom. The number of nitrogens with one attached hydrogen (secondary N) is 1. The minimum absolute atomic E-state index is 0.267. The molecule has 1 N–H and O–H groups in total. The summed E-state index contributed by atoms with van der Waals surface area (Å²) in [6.07, 6.45) is 3.64. The maximum Gasteiger partial charge on any atom is 0.294 e. The molecule has 198 valence electrons. The fraction of sp³-hybridized carbons (Fsp3) is 0.167. The fourth-order valence-corrected chi connectivity index (χ4v) is 6.13. The van der Waals surface area contributed by atoms with Crippen LogP contribution in [0, 0.1) is 20.8 Å². The van der Waals surface area contributed by atoms with Crippen molar-refractivity contribution >= 4 is 74.7 Å². The Kier molecular flexibility index (Phi) is 7.58. The number of hydrogen-bond acceptors (Lipinski definition) is 4. The zero-order valence-corrected chi connectivity index (χ0v) is 23.9. The number of halogens is 2. The third-order valence-corrected chi connectivity index (χ3v) is 8.07. The van der Waals surface area contributed by atoms with Gasteiger partial charge in [0.2, 0.25) is 5.91 Å². The number of fused-ring (bicyclic) bond motifs is 1. The summed E-state index contributed by atoms with van der Waals surface area (Å²) < 4.78 is 2.04. The summed E-state index contributed by atoms with van der Waals surface area (Å²) in [7, 11) is 0. The van der Waals surface area contributed by atoms with E-state index < -0.39 is 17.1 Å². The maximum atomic E-state index is 13.2. The van der Waals surface area contributed by atoms with E-state index in [2.05, 4.69) is 5.32 Å². The Hall–Kier alpha value is -3.52. The van der Waals surface area contributed by atoms with Crippen molar-refractivity contribution in [3.63, 3.8) is 0 Å². The van der Waals surface area contributed by atoms with E-state index in [1.807, 2.05) is 74.0 Å². The van der Waals surface area contributed by atoms with Crippen LogP contribution in [0.2, 0.25) is 10.0 Å². The Morgan fingerprint density at radius 3 is 2.44 bits per heavy atom. The quantitative estimate of drug-likeness (QED) is 0.239. The second-order valence-corrected chi connectivity index (χ2v) is 11.4. The Bertz CT molecular complexity index is 1670. The lowest BCUT2D eigenvalue weighted by molar-refractivity contribution is -0.127. The number of imide groups is 1. The van der Waals surface area contributed by atoms with Gasteiger partial charge in [-0.2, -0.15) is 0 Å². The highest BCUT2D eigenvalue weighted by atomic mass is 35.5. The van der Waals surface area contributed by atoms with E-state index >= 15 is 0 Å². The van der Waals surface area contributed by atoms with Gasteiger partial charge in [-0.3, -0.25) is 19.3 Å². The molecule has 0 radical (unpaired) electrons. The highest BCUT2D eigenvalue weighted by Crippen LogP contribution is 2.35. The molecule has 1 saturated heterocycles. The van der Waals surface area contributed by atoms with Crippen LogP contribution in [0.15, 0.2) is 65.7 Å². The summed E-state index contributed by atoms with van der Waals surface area (Å²) in [5, 5.41) is 4.44. The van der Waals surface area contributed by atoms with E-state index in [1.54, 1.807) is 18.2 Å². The monoisotopic (exact) mass is 577 g/mol. The van der Waals surface area contributed by atoms with Crippen molar-refractivity contribution in [2.75, 3.05) is 11.9 Å². The molecule has 5 rings (SSSR count). The number of aromatic nitrogens is 1. The van der Waals surface area contributed by atoms with E-state index in [9.17, 15) is 14.4 Å². The van der Waals surface area contributed by atoms with Gasteiger partial charge in [-0.05, 0) is 73.5 Å². The number of rotatable bonds is 6. The largest absolute Gasteiger partial charge is 0.342 e. The van der Waals surface area contributed by atoms with E-state index in [1.165, 1.54) is 0 Å². The number of thioether (sulfide) groups is 1. The zero-order chi connectivity index (χ0) is 27.8. The van der Waals surface area contributed by atoms with Gasteiger partial charge in [0.1, 0.15) is 6.54 Å². The van der Waals surface area contributed by atoms with Gasteiger partial charge < -0.3 is 9.88 Å². The predicted molar refractivity (Wildman–Crippen MR) is 159 cm³/mol. The van der Waals surface area contributed by atoms with Crippen LogP contribution < -0.4 is 5.32 Å².